The zero-order valence-electron chi connectivity index (χ0n) is 15.5. The SMILES string of the molecule is CSCc1cccc2c(C(c3ccc(F)cc3)c3c(F)cc(Cl)cc3F)c[nH]c12. The molecule has 0 fully saturated rings. The maximum absolute atomic E-state index is 14.9. The van der Waals surface area contributed by atoms with Crippen LogP contribution in [0.25, 0.3) is 10.9 Å². The second-order valence-corrected chi connectivity index (χ2v) is 8.09. The van der Waals surface area contributed by atoms with E-state index in [0.29, 0.717) is 5.56 Å². The van der Waals surface area contributed by atoms with Crippen molar-refractivity contribution in [2.24, 2.45) is 0 Å². The number of hydrogen-bond acceptors (Lipinski definition) is 1. The summed E-state index contributed by atoms with van der Waals surface area (Å²) in [6.07, 6.45) is 3.79. The lowest BCUT2D eigenvalue weighted by Crippen LogP contribution is -2.08. The number of thioether (sulfide) groups is 1. The minimum atomic E-state index is -0.758. The van der Waals surface area contributed by atoms with Gasteiger partial charge in [0, 0.05) is 39.4 Å². The molecule has 1 N–H and O–H groups in total. The number of fused-ring (bicyclic) bond motifs is 1. The first-order chi connectivity index (χ1) is 14.0. The van der Waals surface area contributed by atoms with Crippen molar-refractivity contribution in [1.29, 1.82) is 0 Å². The van der Waals surface area contributed by atoms with Crippen LogP contribution in [0, 0.1) is 17.5 Å². The molecule has 1 aromatic heterocycles. The molecule has 29 heavy (non-hydrogen) atoms. The van der Waals surface area contributed by atoms with Gasteiger partial charge in [-0.15, -0.1) is 0 Å². The summed E-state index contributed by atoms with van der Waals surface area (Å²) in [7, 11) is 0. The Morgan fingerprint density at radius 1 is 1.00 bits per heavy atom. The Hall–Kier alpha value is -2.37. The van der Waals surface area contributed by atoms with Crippen LogP contribution in [-0.4, -0.2) is 11.2 Å². The van der Waals surface area contributed by atoms with Gasteiger partial charge in [-0.1, -0.05) is 41.9 Å². The van der Waals surface area contributed by atoms with E-state index in [1.165, 1.54) is 12.1 Å². The molecule has 1 nitrogen and oxygen atoms in total. The zero-order valence-corrected chi connectivity index (χ0v) is 17.1. The van der Waals surface area contributed by atoms with Gasteiger partial charge >= 0.3 is 0 Å². The van der Waals surface area contributed by atoms with Gasteiger partial charge in [-0.25, -0.2) is 13.2 Å². The first kappa shape index (κ1) is 19.9. The van der Waals surface area contributed by atoms with Crippen molar-refractivity contribution in [2.75, 3.05) is 6.26 Å². The van der Waals surface area contributed by atoms with Crippen molar-refractivity contribution >= 4 is 34.3 Å². The minimum Gasteiger partial charge on any atom is -0.361 e. The Labute approximate surface area is 175 Å². The third-order valence-corrected chi connectivity index (χ3v) is 5.80. The highest BCUT2D eigenvalue weighted by Gasteiger charge is 2.27. The fourth-order valence-electron chi connectivity index (χ4n) is 3.74. The molecule has 0 spiro atoms. The number of para-hydroxylation sites is 1. The van der Waals surface area contributed by atoms with Gasteiger partial charge < -0.3 is 4.98 Å². The molecule has 0 saturated heterocycles. The monoisotopic (exact) mass is 431 g/mol. The third kappa shape index (κ3) is 3.77. The van der Waals surface area contributed by atoms with E-state index in [0.717, 1.165) is 39.9 Å². The Bertz CT molecular complexity index is 1150. The zero-order chi connectivity index (χ0) is 20.5. The Morgan fingerprint density at radius 3 is 2.34 bits per heavy atom. The predicted molar refractivity (Wildman–Crippen MR) is 114 cm³/mol. The average Bonchev–Trinajstić information content (AvgIpc) is 3.10. The maximum Gasteiger partial charge on any atom is 0.131 e. The summed E-state index contributed by atoms with van der Waals surface area (Å²) in [4.78, 5) is 3.26. The lowest BCUT2D eigenvalue weighted by atomic mass is 9.84. The normalized spacial score (nSPS) is 12.4. The molecule has 1 atom stereocenters. The summed E-state index contributed by atoms with van der Waals surface area (Å²) in [6.45, 7) is 0. The Balaban J connectivity index is 1.99. The van der Waals surface area contributed by atoms with Crippen molar-refractivity contribution < 1.29 is 13.2 Å². The van der Waals surface area contributed by atoms with Crippen LogP contribution in [0.15, 0.2) is 60.8 Å². The second-order valence-electron chi connectivity index (χ2n) is 6.78. The lowest BCUT2D eigenvalue weighted by Gasteiger charge is -2.20. The van der Waals surface area contributed by atoms with Gasteiger partial charge in [-0.05, 0) is 47.2 Å². The first-order valence-corrected chi connectivity index (χ1v) is 10.7. The average molecular weight is 432 g/mol. The van der Waals surface area contributed by atoms with Gasteiger partial charge in [0.15, 0.2) is 0 Å². The highest BCUT2D eigenvalue weighted by atomic mass is 35.5. The summed E-state index contributed by atoms with van der Waals surface area (Å²) in [5.41, 5.74) is 3.23. The summed E-state index contributed by atoms with van der Waals surface area (Å²) in [5, 5.41) is 0.863. The summed E-state index contributed by atoms with van der Waals surface area (Å²) < 4.78 is 43.3. The molecule has 1 unspecified atom stereocenters. The number of H-pyrrole nitrogens is 1. The standard InChI is InChI=1S/C23H17ClF3NS/c1-29-12-14-3-2-4-17-18(11-28-23(14)17)21(13-5-7-16(25)8-6-13)22-19(26)9-15(24)10-20(22)27/h2-11,21,28H,12H2,1H3. The molecule has 0 saturated carbocycles. The van der Waals surface area contributed by atoms with E-state index < -0.39 is 23.4 Å². The van der Waals surface area contributed by atoms with Crippen LogP contribution >= 0.6 is 23.4 Å². The third-order valence-electron chi connectivity index (χ3n) is 4.98. The molecule has 3 aromatic carbocycles. The van der Waals surface area contributed by atoms with E-state index in [-0.39, 0.29) is 10.6 Å². The largest absolute Gasteiger partial charge is 0.361 e. The van der Waals surface area contributed by atoms with E-state index in [1.807, 2.05) is 24.5 Å². The molecule has 4 aromatic rings. The molecule has 0 radical (unpaired) electrons. The first-order valence-electron chi connectivity index (χ1n) is 8.97. The molecule has 0 aliphatic heterocycles. The predicted octanol–water partition coefficient (Wildman–Crippen LogP) is 7.28. The van der Waals surface area contributed by atoms with Crippen LogP contribution in [0.4, 0.5) is 13.2 Å². The molecular formula is C23H17ClF3NS. The van der Waals surface area contributed by atoms with Crippen LogP contribution in [-0.2, 0) is 5.75 Å². The number of halogens is 4. The van der Waals surface area contributed by atoms with Crippen molar-refractivity contribution in [1.82, 2.24) is 4.98 Å². The van der Waals surface area contributed by atoms with E-state index in [2.05, 4.69) is 4.98 Å². The van der Waals surface area contributed by atoms with Gasteiger partial charge in [0.25, 0.3) is 0 Å². The minimum absolute atomic E-state index is 0.0113. The molecule has 1 heterocycles. The van der Waals surface area contributed by atoms with E-state index in [1.54, 1.807) is 30.1 Å². The summed E-state index contributed by atoms with van der Waals surface area (Å²) >= 11 is 7.52. The van der Waals surface area contributed by atoms with Crippen LogP contribution < -0.4 is 0 Å². The molecule has 0 bridgehead atoms. The smallest absolute Gasteiger partial charge is 0.131 e. The summed E-state index contributed by atoms with van der Waals surface area (Å²) in [5.74, 6) is -1.84. The highest BCUT2D eigenvalue weighted by Crippen LogP contribution is 2.40. The maximum atomic E-state index is 14.9. The number of aromatic nitrogens is 1. The van der Waals surface area contributed by atoms with Gasteiger partial charge in [-0.3, -0.25) is 0 Å². The number of aromatic amines is 1. The molecule has 6 heteroatoms. The Morgan fingerprint density at radius 2 is 1.69 bits per heavy atom. The fraction of sp³-hybridized carbons (Fsp3) is 0.130. The van der Waals surface area contributed by atoms with Crippen molar-refractivity contribution in [2.45, 2.75) is 11.7 Å². The second kappa shape index (κ2) is 8.17. The van der Waals surface area contributed by atoms with E-state index >= 15 is 0 Å². The van der Waals surface area contributed by atoms with Crippen molar-refractivity contribution in [3.05, 3.63) is 106 Å². The quantitative estimate of drug-likeness (QED) is 0.351. The van der Waals surface area contributed by atoms with E-state index in [9.17, 15) is 13.2 Å². The topological polar surface area (TPSA) is 15.8 Å². The van der Waals surface area contributed by atoms with Crippen molar-refractivity contribution in [3.8, 4) is 0 Å². The van der Waals surface area contributed by atoms with Crippen LogP contribution in [0.1, 0.15) is 28.2 Å². The van der Waals surface area contributed by atoms with Gasteiger partial charge in [0.05, 0.1) is 0 Å². The summed E-state index contributed by atoms with van der Waals surface area (Å²) in [6, 6.07) is 13.8. The van der Waals surface area contributed by atoms with Gasteiger partial charge in [0.2, 0.25) is 0 Å². The Kier molecular flexibility index (Phi) is 5.61. The number of hydrogen-bond donors (Lipinski definition) is 1. The molecule has 0 aliphatic rings. The highest BCUT2D eigenvalue weighted by molar-refractivity contribution is 7.97. The lowest BCUT2D eigenvalue weighted by molar-refractivity contribution is 0.552. The van der Waals surface area contributed by atoms with Crippen molar-refractivity contribution in [3.63, 3.8) is 0 Å². The fourth-order valence-corrected chi connectivity index (χ4v) is 4.48. The van der Waals surface area contributed by atoms with Gasteiger partial charge in [0.1, 0.15) is 17.5 Å². The van der Waals surface area contributed by atoms with Gasteiger partial charge in [-0.2, -0.15) is 11.8 Å². The van der Waals surface area contributed by atoms with E-state index in [4.69, 9.17) is 11.6 Å². The van der Waals surface area contributed by atoms with Crippen LogP contribution in [0.2, 0.25) is 5.02 Å². The number of rotatable bonds is 5. The molecule has 4 rings (SSSR count). The van der Waals surface area contributed by atoms with Crippen LogP contribution in [0.3, 0.4) is 0 Å². The van der Waals surface area contributed by atoms with Crippen LogP contribution in [0.5, 0.6) is 0 Å². The molecule has 148 valence electrons. The molecule has 0 amide bonds. The number of nitrogens with one attached hydrogen (secondary N) is 1. The number of benzene rings is 3. The molecule has 0 aliphatic carbocycles. The molecular weight excluding hydrogens is 415 g/mol.